The van der Waals surface area contributed by atoms with E-state index >= 15 is 0 Å². The highest BCUT2D eigenvalue weighted by Gasteiger charge is 2.29. The van der Waals surface area contributed by atoms with Crippen molar-refractivity contribution in [2.75, 3.05) is 17.6 Å². The molecule has 2 aliphatic heterocycles. The molecular formula is C19H29N3OS. The Balaban J connectivity index is 1.59. The van der Waals surface area contributed by atoms with Crippen LogP contribution in [-0.4, -0.2) is 40.4 Å². The molecule has 0 bridgehead atoms. The molecule has 0 spiro atoms. The van der Waals surface area contributed by atoms with Crippen LogP contribution >= 0.6 is 11.8 Å². The van der Waals surface area contributed by atoms with Crippen molar-refractivity contribution in [1.82, 2.24) is 4.90 Å². The zero-order valence-corrected chi connectivity index (χ0v) is 15.5. The Hall–Kier alpha value is -1.20. The van der Waals surface area contributed by atoms with Gasteiger partial charge in [-0.2, -0.15) is 11.8 Å². The quantitative estimate of drug-likeness (QED) is 0.830. The Morgan fingerprint density at radius 1 is 1.46 bits per heavy atom. The maximum Gasteiger partial charge on any atom is 0.234 e. The number of nitrogens with zero attached hydrogens (tertiary/aromatic N) is 1. The first kappa shape index (κ1) is 17.6. The molecule has 0 radical (unpaired) electrons. The topological polar surface area (TPSA) is 58.4 Å². The molecule has 1 aromatic carbocycles. The Morgan fingerprint density at radius 2 is 2.29 bits per heavy atom. The number of rotatable bonds is 6. The summed E-state index contributed by atoms with van der Waals surface area (Å²) in [6.45, 7) is 6.38. The Morgan fingerprint density at radius 3 is 3.00 bits per heavy atom. The third kappa shape index (κ3) is 4.25. The van der Waals surface area contributed by atoms with Crippen molar-refractivity contribution in [3.8, 4) is 0 Å². The summed E-state index contributed by atoms with van der Waals surface area (Å²) in [6.07, 6.45) is 3.19. The van der Waals surface area contributed by atoms with E-state index in [0.717, 1.165) is 37.1 Å². The van der Waals surface area contributed by atoms with Crippen molar-refractivity contribution in [2.24, 2.45) is 11.7 Å². The van der Waals surface area contributed by atoms with Crippen LogP contribution in [0.4, 0.5) is 5.69 Å². The molecule has 0 saturated carbocycles. The summed E-state index contributed by atoms with van der Waals surface area (Å²) in [5, 5.41) is 4.46. The SMILES string of the molecule is CC(C)[C@@H]1C[C@H](Nc2cccc(CN3CCC[C@H]3C(N)=O)c2)CS1. The third-order valence-corrected chi connectivity index (χ3v) is 6.91. The minimum Gasteiger partial charge on any atom is -0.381 e. The van der Waals surface area contributed by atoms with Gasteiger partial charge in [0.25, 0.3) is 0 Å². The zero-order chi connectivity index (χ0) is 17.1. The molecule has 2 fully saturated rings. The molecule has 3 rings (SSSR count). The average Bonchev–Trinajstić information content (AvgIpc) is 3.17. The monoisotopic (exact) mass is 347 g/mol. The van der Waals surface area contributed by atoms with Crippen LogP contribution in [0, 0.1) is 5.92 Å². The lowest BCUT2D eigenvalue weighted by Gasteiger charge is -2.22. The molecule has 0 unspecified atom stereocenters. The Kier molecular flexibility index (Phi) is 5.72. The van der Waals surface area contributed by atoms with Gasteiger partial charge < -0.3 is 11.1 Å². The van der Waals surface area contributed by atoms with E-state index in [4.69, 9.17) is 5.73 Å². The van der Waals surface area contributed by atoms with E-state index in [2.05, 4.69) is 60.1 Å². The van der Waals surface area contributed by atoms with Crippen molar-refractivity contribution in [2.45, 2.75) is 57.0 Å². The first-order chi connectivity index (χ1) is 11.5. The zero-order valence-electron chi connectivity index (χ0n) is 14.7. The normalized spacial score (nSPS) is 27.7. The van der Waals surface area contributed by atoms with Gasteiger partial charge in [0.2, 0.25) is 5.91 Å². The van der Waals surface area contributed by atoms with Gasteiger partial charge in [-0.15, -0.1) is 0 Å². The van der Waals surface area contributed by atoms with E-state index in [1.807, 2.05) is 0 Å². The predicted molar refractivity (Wildman–Crippen MR) is 102 cm³/mol. The number of likely N-dealkylation sites (tertiary alicyclic amines) is 1. The lowest BCUT2D eigenvalue weighted by Crippen LogP contribution is -2.39. The van der Waals surface area contributed by atoms with Gasteiger partial charge in [0.1, 0.15) is 0 Å². The van der Waals surface area contributed by atoms with Crippen LogP contribution in [0.1, 0.15) is 38.7 Å². The average molecular weight is 348 g/mol. The minimum atomic E-state index is -0.190. The van der Waals surface area contributed by atoms with Crippen LogP contribution in [0.15, 0.2) is 24.3 Å². The summed E-state index contributed by atoms with van der Waals surface area (Å²) >= 11 is 2.09. The molecule has 3 N–H and O–H groups in total. The fraction of sp³-hybridized carbons (Fsp3) is 0.632. The van der Waals surface area contributed by atoms with E-state index in [1.165, 1.54) is 23.4 Å². The number of hydrogen-bond acceptors (Lipinski definition) is 4. The number of amides is 1. The molecule has 5 heteroatoms. The van der Waals surface area contributed by atoms with Crippen LogP contribution in [-0.2, 0) is 11.3 Å². The molecule has 24 heavy (non-hydrogen) atoms. The summed E-state index contributed by atoms with van der Waals surface area (Å²) in [7, 11) is 0. The van der Waals surface area contributed by atoms with Crippen LogP contribution < -0.4 is 11.1 Å². The highest BCUT2D eigenvalue weighted by Crippen LogP contribution is 2.33. The van der Waals surface area contributed by atoms with Gasteiger partial charge in [0.05, 0.1) is 6.04 Å². The summed E-state index contributed by atoms with van der Waals surface area (Å²) < 4.78 is 0. The van der Waals surface area contributed by atoms with Gasteiger partial charge in [0, 0.05) is 29.3 Å². The minimum absolute atomic E-state index is 0.0975. The lowest BCUT2D eigenvalue weighted by atomic mass is 10.0. The lowest BCUT2D eigenvalue weighted by molar-refractivity contribution is -0.122. The van der Waals surface area contributed by atoms with Crippen molar-refractivity contribution in [3.63, 3.8) is 0 Å². The predicted octanol–water partition coefficient (Wildman–Crippen LogP) is 3.08. The fourth-order valence-corrected chi connectivity index (χ4v) is 5.24. The number of nitrogens with one attached hydrogen (secondary N) is 1. The number of thioether (sulfide) groups is 1. The molecule has 0 aliphatic carbocycles. The van der Waals surface area contributed by atoms with Gasteiger partial charge in [-0.1, -0.05) is 26.0 Å². The van der Waals surface area contributed by atoms with Crippen molar-refractivity contribution in [3.05, 3.63) is 29.8 Å². The first-order valence-corrected chi connectivity index (χ1v) is 10.1. The molecule has 2 saturated heterocycles. The summed E-state index contributed by atoms with van der Waals surface area (Å²) in [6, 6.07) is 9.08. The highest BCUT2D eigenvalue weighted by molar-refractivity contribution is 8.00. The Labute approximate surface area is 149 Å². The third-order valence-electron chi connectivity index (χ3n) is 5.15. The van der Waals surface area contributed by atoms with Crippen molar-refractivity contribution >= 4 is 23.4 Å². The second-order valence-corrected chi connectivity index (χ2v) is 8.70. The maximum absolute atomic E-state index is 11.6. The smallest absolute Gasteiger partial charge is 0.234 e. The van der Waals surface area contributed by atoms with Crippen LogP contribution in [0.5, 0.6) is 0 Å². The van der Waals surface area contributed by atoms with Gasteiger partial charge in [-0.05, 0) is 49.4 Å². The molecule has 1 amide bonds. The van der Waals surface area contributed by atoms with Gasteiger partial charge in [-0.3, -0.25) is 9.69 Å². The largest absolute Gasteiger partial charge is 0.381 e. The molecular weight excluding hydrogens is 318 g/mol. The number of carbonyl (C=O) groups excluding carboxylic acids is 1. The van der Waals surface area contributed by atoms with Crippen molar-refractivity contribution < 1.29 is 4.79 Å². The van der Waals surface area contributed by atoms with Crippen LogP contribution in [0.3, 0.4) is 0 Å². The van der Waals surface area contributed by atoms with Gasteiger partial charge >= 0.3 is 0 Å². The van der Waals surface area contributed by atoms with E-state index in [-0.39, 0.29) is 11.9 Å². The van der Waals surface area contributed by atoms with E-state index in [0.29, 0.717) is 6.04 Å². The number of benzene rings is 1. The van der Waals surface area contributed by atoms with E-state index < -0.39 is 0 Å². The van der Waals surface area contributed by atoms with Crippen LogP contribution in [0.25, 0.3) is 0 Å². The second kappa shape index (κ2) is 7.79. The summed E-state index contributed by atoms with van der Waals surface area (Å²) in [4.78, 5) is 13.8. The molecule has 1 aromatic rings. The van der Waals surface area contributed by atoms with E-state index in [1.54, 1.807) is 0 Å². The summed E-state index contributed by atoms with van der Waals surface area (Å²) in [5.74, 6) is 1.74. The highest BCUT2D eigenvalue weighted by atomic mass is 32.2. The maximum atomic E-state index is 11.6. The van der Waals surface area contributed by atoms with Gasteiger partial charge in [0.15, 0.2) is 0 Å². The molecule has 3 atom stereocenters. The second-order valence-electron chi connectivity index (χ2n) is 7.42. The molecule has 2 heterocycles. The van der Waals surface area contributed by atoms with E-state index in [9.17, 15) is 4.79 Å². The van der Waals surface area contributed by atoms with Crippen molar-refractivity contribution in [1.29, 1.82) is 0 Å². The molecule has 0 aromatic heterocycles. The van der Waals surface area contributed by atoms with Gasteiger partial charge in [-0.25, -0.2) is 0 Å². The Bertz CT molecular complexity index is 577. The number of anilines is 1. The molecule has 132 valence electrons. The fourth-order valence-electron chi connectivity index (χ4n) is 3.79. The number of primary amides is 1. The molecule has 2 aliphatic rings. The first-order valence-electron chi connectivity index (χ1n) is 9.03. The molecule has 4 nitrogen and oxygen atoms in total. The number of carbonyl (C=O) groups is 1. The standard InChI is InChI=1S/C19H29N3OS/c1-13(2)18-10-16(12-24-18)21-15-6-3-5-14(9-15)11-22-8-4-7-17(22)19(20)23/h3,5-6,9,13,16-18,21H,4,7-8,10-12H2,1-2H3,(H2,20,23)/t16-,17-,18-/m0/s1. The number of hydrogen-bond donors (Lipinski definition) is 2. The summed E-state index contributed by atoms with van der Waals surface area (Å²) in [5.41, 5.74) is 7.96. The van der Waals surface area contributed by atoms with Crippen LogP contribution in [0.2, 0.25) is 0 Å². The number of nitrogens with two attached hydrogens (primary N) is 1.